The minimum absolute atomic E-state index is 0.00209. The van der Waals surface area contributed by atoms with E-state index in [4.69, 9.17) is 14.2 Å². The van der Waals surface area contributed by atoms with Gasteiger partial charge in [-0.1, -0.05) is 18.6 Å². The number of likely N-dealkylation sites (tertiary alicyclic amines) is 1. The Balaban J connectivity index is 1.28. The van der Waals surface area contributed by atoms with Crippen molar-refractivity contribution in [3.05, 3.63) is 53.1 Å². The van der Waals surface area contributed by atoms with Crippen LogP contribution in [-0.2, 0) is 12.8 Å². The highest BCUT2D eigenvalue weighted by Gasteiger charge is 2.33. The van der Waals surface area contributed by atoms with Gasteiger partial charge >= 0.3 is 0 Å². The molecule has 0 spiro atoms. The number of hydrogen-bond acceptors (Lipinski definition) is 5. The third kappa shape index (κ3) is 5.21. The Morgan fingerprint density at radius 3 is 2.35 bits per heavy atom. The zero-order chi connectivity index (χ0) is 21.6. The molecule has 1 fully saturated rings. The molecule has 2 aliphatic rings. The molecule has 0 saturated carbocycles. The lowest BCUT2D eigenvalue weighted by Crippen LogP contribution is -2.30. The number of rotatable bonds is 9. The van der Waals surface area contributed by atoms with E-state index < -0.39 is 6.10 Å². The number of ether oxygens (including phenoxy) is 3. The summed E-state index contributed by atoms with van der Waals surface area (Å²) in [6, 6.07) is 11.8. The summed E-state index contributed by atoms with van der Waals surface area (Å²) in [5, 5.41) is 0. The normalized spacial score (nSPS) is 18.6. The molecule has 31 heavy (non-hydrogen) atoms. The molecule has 5 nitrogen and oxygen atoms in total. The van der Waals surface area contributed by atoms with Crippen LogP contribution in [0.2, 0.25) is 0 Å². The fourth-order valence-corrected chi connectivity index (χ4v) is 4.63. The van der Waals surface area contributed by atoms with E-state index in [-0.39, 0.29) is 5.78 Å². The quantitative estimate of drug-likeness (QED) is 0.547. The molecular weight excluding hydrogens is 390 g/mol. The Labute approximate surface area is 185 Å². The topological polar surface area (TPSA) is 48.0 Å². The van der Waals surface area contributed by atoms with Gasteiger partial charge in [0.25, 0.3) is 0 Å². The monoisotopic (exact) mass is 423 g/mol. The number of carbonyl (C=O) groups excluding carboxylic acids is 1. The number of piperidine rings is 1. The van der Waals surface area contributed by atoms with Gasteiger partial charge in [0.1, 0.15) is 5.75 Å². The van der Waals surface area contributed by atoms with Gasteiger partial charge in [0.2, 0.25) is 5.78 Å². The van der Waals surface area contributed by atoms with Gasteiger partial charge in [-0.15, -0.1) is 0 Å². The van der Waals surface area contributed by atoms with E-state index in [1.165, 1.54) is 57.3 Å². The Morgan fingerprint density at radius 1 is 0.935 bits per heavy atom. The lowest BCUT2D eigenvalue weighted by atomic mass is 10.1. The van der Waals surface area contributed by atoms with Crippen molar-refractivity contribution < 1.29 is 19.0 Å². The molecule has 1 saturated heterocycles. The first-order valence-corrected chi connectivity index (χ1v) is 11.4. The molecule has 1 aliphatic carbocycles. The molecule has 2 aromatic rings. The van der Waals surface area contributed by atoms with Crippen molar-refractivity contribution in [3.8, 4) is 17.2 Å². The van der Waals surface area contributed by atoms with Gasteiger partial charge in [-0.2, -0.15) is 0 Å². The zero-order valence-electron chi connectivity index (χ0n) is 18.7. The van der Waals surface area contributed by atoms with Crippen molar-refractivity contribution in [3.63, 3.8) is 0 Å². The maximum absolute atomic E-state index is 12.8. The molecule has 0 radical (unpaired) electrons. The summed E-state index contributed by atoms with van der Waals surface area (Å²) in [7, 11) is 3.18. The molecule has 0 N–H and O–H groups in total. The molecule has 5 heteroatoms. The van der Waals surface area contributed by atoms with Gasteiger partial charge in [-0.25, -0.2) is 0 Å². The van der Waals surface area contributed by atoms with Crippen LogP contribution < -0.4 is 14.2 Å². The number of hydrogen-bond donors (Lipinski definition) is 0. The van der Waals surface area contributed by atoms with E-state index in [0.29, 0.717) is 23.5 Å². The largest absolute Gasteiger partial charge is 0.493 e. The summed E-state index contributed by atoms with van der Waals surface area (Å²) in [6.07, 6.45) is 7.70. The molecule has 1 aliphatic heterocycles. The number of unbranched alkanes of at least 4 members (excludes halogenated alkanes) is 1. The Kier molecular flexibility index (Phi) is 7.13. The van der Waals surface area contributed by atoms with Crippen molar-refractivity contribution >= 4 is 5.78 Å². The van der Waals surface area contributed by atoms with Gasteiger partial charge in [-0.3, -0.25) is 4.79 Å². The van der Waals surface area contributed by atoms with E-state index in [0.717, 1.165) is 17.7 Å². The Hall–Kier alpha value is -2.53. The van der Waals surface area contributed by atoms with Gasteiger partial charge in [0, 0.05) is 12.0 Å². The zero-order valence-corrected chi connectivity index (χ0v) is 18.7. The summed E-state index contributed by atoms with van der Waals surface area (Å²) < 4.78 is 16.7. The van der Waals surface area contributed by atoms with Gasteiger partial charge in [-0.05, 0) is 87.1 Å². The molecule has 166 valence electrons. The van der Waals surface area contributed by atoms with Gasteiger partial charge in [0.05, 0.1) is 14.2 Å². The van der Waals surface area contributed by atoms with Gasteiger partial charge < -0.3 is 19.1 Å². The number of methoxy groups -OCH3 is 2. The third-order valence-corrected chi connectivity index (χ3v) is 6.41. The van der Waals surface area contributed by atoms with Crippen LogP contribution in [-0.4, -0.2) is 50.6 Å². The average molecular weight is 424 g/mol. The minimum atomic E-state index is -0.498. The predicted octanol–water partition coefficient (Wildman–Crippen LogP) is 4.70. The smallest absolute Gasteiger partial charge is 0.204 e. The average Bonchev–Trinajstić information content (AvgIpc) is 3.11. The molecule has 1 atom stereocenters. The molecular formula is C26H33NO4. The van der Waals surface area contributed by atoms with E-state index in [1.807, 2.05) is 18.2 Å². The number of ketones is 1. The summed E-state index contributed by atoms with van der Waals surface area (Å²) >= 11 is 0. The maximum atomic E-state index is 12.8. The summed E-state index contributed by atoms with van der Waals surface area (Å²) in [5.41, 5.74) is 2.92. The van der Waals surface area contributed by atoms with E-state index in [9.17, 15) is 4.79 Å². The van der Waals surface area contributed by atoms with Crippen LogP contribution in [0.25, 0.3) is 0 Å². The highest BCUT2D eigenvalue weighted by Crippen LogP contribution is 2.36. The van der Waals surface area contributed by atoms with Crippen LogP contribution in [0.4, 0.5) is 0 Å². The first-order chi connectivity index (χ1) is 15.2. The van der Waals surface area contributed by atoms with Crippen molar-refractivity contribution in [2.24, 2.45) is 0 Å². The lowest BCUT2D eigenvalue weighted by molar-refractivity contribution is 0.0821. The standard InChI is InChI=1S/C26H33NO4/c1-29-23-16-20-17-25(26(28)22(20)18-24(23)30-2)31-21-11-9-19(10-12-21)8-4-7-15-27-13-5-3-6-14-27/h9-12,16,18,25H,3-8,13-15,17H2,1-2H3. The van der Waals surface area contributed by atoms with Crippen LogP contribution in [0.15, 0.2) is 36.4 Å². The first-order valence-electron chi connectivity index (χ1n) is 11.4. The van der Waals surface area contributed by atoms with E-state index in [2.05, 4.69) is 17.0 Å². The molecule has 1 heterocycles. The van der Waals surface area contributed by atoms with Crippen LogP contribution in [0.3, 0.4) is 0 Å². The summed E-state index contributed by atoms with van der Waals surface area (Å²) in [6.45, 7) is 3.77. The van der Waals surface area contributed by atoms with Crippen molar-refractivity contribution in [1.29, 1.82) is 0 Å². The summed E-state index contributed by atoms with van der Waals surface area (Å²) in [4.78, 5) is 15.4. The maximum Gasteiger partial charge on any atom is 0.204 e. The molecule has 4 rings (SSSR count). The predicted molar refractivity (Wildman–Crippen MR) is 122 cm³/mol. The van der Waals surface area contributed by atoms with Crippen LogP contribution in [0, 0.1) is 0 Å². The first kappa shape index (κ1) is 21.7. The van der Waals surface area contributed by atoms with E-state index in [1.54, 1.807) is 20.3 Å². The second kappa shape index (κ2) is 10.2. The van der Waals surface area contributed by atoms with Crippen molar-refractivity contribution in [1.82, 2.24) is 4.90 Å². The number of Topliss-reactive ketones (excluding diaryl/α,β-unsaturated/α-hetero) is 1. The summed E-state index contributed by atoms with van der Waals surface area (Å²) in [5.74, 6) is 1.94. The van der Waals surface area contributed by atoms with Crippen LogP contribution >= 0.6 is 0 Å². The second-order valence-electron chi connectivity index (χ2n) is 8.54. The van der Waals surface area contributed by atoms with Gasteiger partial charge in [0.15, 0.2) is 17.6 Å². The van der Waals surface area contributed by atoms with E-state index >= 15 is 0 Å². The molecule has 0 aromatic heterocycles. The Bertz CT molecular complexity index is 887. The SMILES string of the molecule is COc1cc2c(cc1OC)C(=O)C(Oc1ccc(CCCCN3CCCCC3)cc1)C2. The number of nitrogens with zero attached hydrogens (tertiary/aromatic N) is 1. The second-order valence-corrected chi connectivity index (χ2v) is 8.54. The highest BCUT2D eigenvalue weighted by molar-refractivity contribution is 6.04. The molecule has 2 aromatic carbocycles. The molecule has 0 bridgehead atoms. The number of carbonyl (C=O) groups is 1. The number of fused-ring (bicyclic) bond motifs is 1. The van der Waals surface area contributed by atoms with Crippen molar-refractivity contribution in [2.75, 3.05) is 33.9 Å². The highest BCUT2D eigenvalue weighted by atomic mass is 16.5. The number of benzene rings is 2. The fourth-order valence-electron chi connectivity index (χ4n) is 4.63. The third-order valence-electron chi connectivity index (χ3n) is 6.41. The minimum Gasteiger partial charge on any atom is -0.493 e. The molecule has 1 unspecified atom stereocenters. The number of aryl methyl sites for hydroxylation is 1. The fraction of sp³-hybridized carbons (Fsp3) is 0.500. The van der Waals surface area contributed by atoms with Crippen LogP contribution in [0.1, 0.15) is 53.6 Å². The molecule has 0 amide bonds. The lowest BCUT2D eigenvalue weighted by Gasteiger charge is -2.26. The van der Waals surface area contributed by atoms with Crippen molar-refractivity contribution in [2.45, 2.75) is 51.0 Å². The Morgan fingerprint density at radius 2 is 1.65 bits per heavy atom. The van der Waals surface area contributed by atoms with Crippen LogP contribution in [0.5, 0.6) is 17.2 Å².